The number of sulfone groups is 1. The first-order chi connectivity index (χ1) is 8.82. The predicted octanol–water partition coefficient (Wildman–Crippen LogP) is 4.19. The van der Waals surface area contributed by atoms with Crippen LogP contribution in [0.15, 0.2) is 46.2 Å². The Labute approximate surface area is 125 Å². The maximum absolute atomic E-state index is 12.4. The molecule has 0 saturated carbocycles. The molecular weight excluding hydrogens is 331 g/mol. The molecule has 0 amide bonds. The lowest BCUT2D eigenvalue weighted by Crippen LogP contribution is -2.03. The van der Waals surface area contributed by atoms with E-state index >= 15 is 0 Å². The second-order valence-corrected chi connectivity index (χ2v) is 6.83. The normalized spacial score (nSPS) is 11.5. The number of hydrogen-bond donors (Lipinski definition) is 1. The van der Waals surface area contributed by atoms with Crippen molar-refractivity contribution in [2.75, 3.05) is 0 Å². The summed E-state index contributed by atoms with van der Waals surface area (Å²) in [5.74, 6) is -0.119. The van der Waals surface area contributed by atoms with Gasteiger partial charge in [0.25, 0.3) is 0 Å². The van der Waals surface area contributed by atoms with E-state index in [1.54, 1.807) is 0 Å². The second kappa shape index (κ2) is 5.21. The fourth-order valence-electron chi connectivity index (χ4n) is 1.52. The van der Waals surface area contributed by atoms with Gasteiger partial charge < -0.3 is 5.11 Å². The topological polar surface area (TPSA) is 54.4 Å². The van der Waals surface area contributed by atoms with Crippen LogP contribution in [-0.4, -0.2) is 13.5 Å². The first kappa shape index (κ1) is 14.5. The van der Waals surface area contributed by atoms with Crippen molar-refractivity contribution < 1.29 is 13.5 Å². The van der Waals surface area contributed by atoms with Crippen LogP contribution in [0.4, 0.5) is 0 Å². The Kier molecular flexibility index (Phi) is 3.97. The SMILES string of the molecule is O=S(=O)(c1ccc(O)cc1Cl)c1ccc(Cl)cc1Cl. The molecule has 0 unspecified atom stereocenters. The van der Waals surface area contributed by atoms with Crippen LogP contribution in [0.5, 0.6) is 5.75 Å². The molecule has 0 atom stereocenters. The van der Waals surface area contributed by atoms with E-state index in [0.29, 0.717) is 5.02 Å². The maximum Gasteiger partial charge on any atom is 0.209 e. The van der Waals surface area contributed by atoms with E-state index in [4.69, 9.17) is 34.8 Å². The van der Waals surface area contributed by atoms with Crippen molar-refractivity contribution in [3.63, 3.8) is 0 Å². The lowest BCUT2D eigenvalue weighted by Gasteiger charge is -2.08. The summed E-state index contributed by atoms with van der Waals surface area (Å²) in [7, 11) is -3.87. The quantitative estimate of drug-likeness (QED) is 0.894. The van der Waals surface area contributed by atoms with Gasteiger partial charge in [-0.15, -0.1) is 0 Å². The molecule has 0 heterocycles. The average Bonchev–Trinajstić information content (AvgIpc) is 2.27. The van der Waals surface area contributed by atoms with Crippen LogP contribution < -0.4 is 0 Å². The highest BCUT2D eigenvalue weighted by Gasteiger charge is 2.23. The summed E-state index contributed by atoms with van der Waals surface area (Å²) in [6.07, 6.45) is 0. The molecular formula is C12H7Cl3O3S. The number of benzene rings is 2. The van der Waals surface area contributed by atoms with Gasteiger partial charge in [-0.2, -0.15) is 0 Å². The zero-order valence-corrected chi connectivity index (χ0v) is 12.4. The summed E-state index contributed by atoms with van der Waals surface area (Å²) in [6, 6.07) is 7.68. The molecule has 19 heavy (non-hydrogen) atoms. The van der Waals surface area contributed by atoms with Crippen molar-refractivity contribution >= 4 is 44.6 Å². The number of rotatable bonds is 2. The Balaban J connectivity index is 2.65. The number of halogens is 3. The van der Waals surface area contributed by atoms with Crippen LogP contribution >= 0.6 is 34.8 Å². The van der Waals surface area contributed by atoms with Crippen molar-refractivity contribution in [3.8, 4) is 5.75 Å². The van der Waals surface area contributed by atoms with Gasteiger partial charge in [-0.1, -0.05) is 34.8 Å². The molecule has 2 aromatic carbocycles. The molecule has 0 fully saturated rings. The Morgan fingerprint density at radius 2 is 1.37 bits per heavy atom. The minimum Gasteiger partial charge on any atom is -0.508 e. The molecule has 3 nitrogen and oxygen atoms in total. The molecule has 100 valence electrons. The molecule has 0 radical (unpaired) electrons. The fraction of sp³-hybridized carbons (Fsp3) is 0. The van der Waals surface area contributed by atoms with Gasteiger partial charge in [0.2, 0.25) is 9.84 Å². The van der Waals surface area contributed by atoms with Crippen molar-refractivity contribution in [2.24, 2.45) is 0 Å². The van der Waals surface area contributed by atoms with Crippen molar-refractivity contribution in [2.45, 2.75) is 9.79 Å². The number of phenols is 1. The highest BCUT2D eigenvalue weighted by Crippen LogP contribution is 2.34. The summed E-state index contributed by atoms with van der Waals surface area (Å²) in [5.41, 5.74) is 0. The monoisotopic (exact) mass is 336 g/mol. The molecule has 0 saturated heterocycles. The second-order valence-electron chi connectivity index (χ2n) is 3.69. The van der Waals surface area contributed by atoms with E-state index in [-0.39, 0.29) is 25.6 Å². The van der Waals surface area contributed by atoms with Crippen LogP contribution in [0, 0.1) is 0 Å². The van der Waals surface area contributed by atoms with E-state index in [2.05, 4.69) is 0 Å². The highest BCUT2D eigenvalue weighted by molar-refractivity contribution is 7.91. The lowest BCUT2D eigenvalue weighted by atomic mass is 10.3. The minimum absolute atomic E-state index is 0.0108. The summed E-state index contributed by atoms with van der Waals surface area (Å²) in [4.78, 5) is -0.220. The largest absolute Gasteiger partial charge is 0.508 e. The molecule has 0 bridgehead atoms. The van der Waals surface area contributed by atoms with Crippen LogP contribution in [-0.2, 0) is 9.84 Å². The zero-order chi connectivity index (χ0) is 14.2. The van der Waals surface area contributed by atoms with Crippen LogP contribution in [0.1, 0.15) is 0 Å². The molecule has 2 rings (SSSR count). The van der Waals surface area contributed by atoms with Gasteiger partial charge in [0, 0.05) is 5.02 Å². The predicted molar refractivity (Wildman–Crippen MR) is 75.0 cm³/mol. The average molecular weight is 338 g/mol. The summed E-state index contributed by atoms with van der Waals surface area (Å²) in [6.45, 7) is 0. The summed E-state index contributed by atoms with van der Waals surface area (Å²) in [5, 5.41) is 9.51. The summed E-state index contributed by atoms with van der Waals surface area (Å²) < 4.78 is 24.8. The number of aromatic hydroxyl groups is 1. The molecule has 0 spiro atoms. The Bertz CT molecular complexity index is 684. The number of hydrogen-bond acceptors (Lipinski definition) is 3. The fourth-order valence-corrected chi connectivity index (χ4v) is 4.07. The van der Waals surface area contributed by atoms with Gasteiger partial charge in [-0.25, -0.2) is 8.42 Å². The van der Waals surface area contributed by atoms with Gasteiger partial charge in [-0.05, 0) is 36.4 Å². The highest BCUT2D eigenvalue weighted by atomic mass is 35.5. The van der Waals surface area contributed by atoms with Gasteiger partial charge in [0.15, 0.2) is 0 Å². The van der Waals surface area contributed by atoms with Crippen LogP contribution in [0.25, 0.3) is 0 Å². The third-order valence-corrected chi connectivity index (χ3v) is 5.34. The minimum atomic E-state index is -3.87. The van der Waals surface area contributed by atoms with Crippen LogP contribution in [0.3, 0.4) is 0 Å². The van der Waals surface area contributed by atoms with Crippen molar-refractivity contribution in [1.82, 2.24) is 0 Å². The first-order valence-electron chi connectivity index (χ1n) is 5.01. The van der Waals surface area contributed by atoms with Gasteiger partial charge in [0.05, 0.1) is 19.8 Å². The van der Waals surface area contributed by atoms with E-state index < -0.39 is 9.84 Å². The van der Waals surface area contributed by atoms with Gasteiger partial charge in [-0.3, -0.25) is 0 Å². The maximum atomic E-state index is 12.4. The first-order valence-corrected chi connectivity index (χ1v) is 7.63. The molecule has 0 aromatic heterocycles. The molecule has 1 N–H and O–H groups in total. The molecule has 0 aliphatic heterocycles. The van der Waals surface area contributed by atoms with Crippen LogP contribution in [0.2, 0.25) is 15.1 Å². The molecule has 0 aliphatic rings. The number of phenolic OH excluding ortho intramolecular Hbond substituents is 1. The van der Waals surface area contributed by atoms with E-state index in [0.717, 1.165) is 6.07 Å². The zero-order valence-electron chi connectivity index (χ0n) is 9.27. The molecule has 7 heteroatoms. The third kappa shape index (κ3) is 2.82. The van der Waals surface area contributed by atoms with Crippen molar-refractivity contribution in [1.29, 1.82) is 0 Å². The van der Waals surface area contributed by atoms with E-state index in [9.17, 15) is 13.5 Å². The smallest absolute Gasteiger partial charge is 0.209 e. The lowest BCUT2D eigenvalue weighted by molar-refractivity contribution is 0.475. The van der Waals surface area contributed by atoms with E-state index in [1.807, 2.05) is 0 Å². The Morgan fingerprint density at radius 3 is 1.89 bits per heavy atom. The summed E-state index contributed by atoms with van der Waals surface area (Å²) >= 11 is 17.5. The standard InChI is InChI=1S/C12H7Cl3O3S/c13-7-1-3-11(9(14)5-7)19(17,18)12-4-2-8(16)6-10(12)15/h1-6,16H. The molecule has 2 aromatic rings. The Hall–Kier alpha value is -0.940. The van der Waals surface area contributed by atoms with Gasteiger partial charge in [0.1, 0.15) is 5.75 Å². The molecule has 0 aliphatic carbocycles. The third-order valence-electron chi connectivity index (χ3n) is 2.39. The van der Waals surface area contributed by atoms with Crippen molar-refractivity contribution in [3.05, 3.63) is 51.5 Å². The van der Waals surface area contributed by atoms with Gasteiger partial charge >= 0.3 is 0 Å². The van der Waals surface area contributed by atoms with E-state index in [1.165, 1.54) is 30.3 Å². The Morgan fingerprint density at radius 1 is 0.842 bits per heavy atom.